The number of anilines is 1. The minimum atomic E-state index is -0.703. The number of piperidine rings is 1. The number of amides is 3. The second-order valence-electron chi connectivity index (χ2n) is 7.46. The number of halogens is 2. The number of carbonyl (C=O) groups is 3. The molecule has 0 aromatic heterocycles. The molecule has 8 nitrogen and oxygen atoms in total. The SMILES string of the molecule is COC(=O)c1ccc(NC(=O)N2CCCC(CNC(=O)C3CCCN3)C2)c(F)c1.Cl. The summed E-state index contributed by atoms with van der Waals surface area (Å²) in [7, 11) is 1.22. The highest BCUT2D eigenvalue weighted by Crippen LogP contribution is 2.20. The van der Waals surface area contributed by atoms with Crippen LogP contribution >= 0.6 is 12.4 Å². The van der Waals surface area contributed by atoms with Crippen LogP contribution in [0.2, 0.25) is 0 Å². The van der Waals surface area contributed by atoms with Crippen LogP contribution in [0.1, 0.15) is 36.0 Å². The Morgan fingerprint density at radius 2 is 2.07 bits per heavy atom. The molecule has 3 rings (SSSR count). The van der Waals surface area contributed by atoms with Crippen LogP contribution in [0.3, 0.4) is 0 Å². The van der Waals surface area contributed by atoms with E-state index in [-0.39, 0.29) is 41.5 Å². The number of benzene rings is 1. The normalized spacial score (nSPS) is 20.8. The molecule has 1 aromatic carbocycles. The minimum Gasteiger partial charge on any atom is -0.465 e. The van der Waals surface area contributed by atoms with Gasteiger partial charge >= 0.3 is 12.0 Å². The molecule has 2 saturated heterocycles. The van der Waals surface area contributed by atoms with Gasteiger partial charge in [0.2, 0.25) is 5.91 Å². The Morgan fingerprint density at radius 3 is 2.73 bits per heavy atom. The smallest absolute Gasteiger partial charge is 0.337 e. The summed E-state index contributed by atoms with van der Waals surface area (Å²) in [6.45, 7) is 2.45. The third kappa shape index (κ3) is 6.06. The number of urea groups is 1. The third-order valence-corrected chi connectivity index (χ3v) is 5.38. The summed E-state index contributed by atoms with van der Waals surface area (Å²) >= 11 is 0. The Kier molecular flexibility index (Phi) is 8.86. The molecule has 2 aliphatic rings. The molecular weight excluding hydrogens is 415 g/mol. The van der Waals surface area contributed by atoms with Gasteiger partial charge in [0, 0.05) is 19.6 Å². The van der Waals surface area contributed by atoms with Gasteiger partial charge in [0.15, 0.2) is 0 Å². The lowest BCUT2D eigenvalue weighted by atomic mass is 9.98. The van der Waals surface area contributed by atoms with Crippen LogP contribution in [0, 0.1) is 11.7 Å². The maximum absolute atomic E-state index is 14.2. The van der Waals surface area contributed by atoms with Crippen LogP contribution in [0.4, 0.5) is 14.9 Å². The molecule has 0 saturated carbocycles. The van der Waals surface area contributed by atoms with E-state index >= 15 is 0 Å². The number of hydrogen-bond acceptors (Lipinski definition) is 5. The molecule has 2 unspecified atom stereocenters. The van der Waals surface area contributed by atoms with Crippen molar-refractivity contribution in [1.82, 2.24) is 15.5 Å². The molecule has 1 aromatic rings. The number of rotatable bonds is 5. The zero-order chi connectivity index (χ0) is 20.8. The standard InChI is InChI=1S/C20H27FN4O4.ClH/c1-29-19(27)14-6-7-16(15(21)10-14)24-20(28)25-9-3-4-13(12-25)11-23-18(26)17-5-2-8-22-17;/h6-7,10,13,17,22H,2-5,8-9,11-12H2,1H3,(H,23,26)(H,24,28);1H. The molecule has 0 bridgehead atoms. The van der Waals surface area contributed by atoms with E-state index in [0.29, 0.717) is 19.6 Å². The predicted molar refractivity (Wildman–Crippen MR) is 112 cm³/mol. The molecule has 3 amide bonds. The first-order chi connectivity index (χ1) is 14.0. The second kappa shape index (κ2) is 11.1. The van der Waals surface area contributed by atoms with Gasteiger partial charge in [0.1, 0.15) is 5.82 Å². The quantitative estimate of drug-likeness (QED) is 0.607. The summed E-state index contributed by atoms with van der Waals surface area (Å²) in [4.78, 5) is 37.8. The number of esters is 1. The summed E-state index contributed by atoms with van der Waals surface area (Å²) in [5.41, 5.74) is 0.0823. The average molecular weight is 443 g/mol. The maximum atomic E-state index is 14.2. The third-order valence-electron chi connectivity index (χ3n) is 5.38. The highest BCUT2D eigenvalue weighted by Gasteiger charge is 2.27. The van der Waals surface area contributed by atoms with E-state index in [4.69, 9.17) is 0 Å². The Hall–Kier alpha value is -2.39. The fraction of sp³-hybridized carbons (Fsp3) is 0.550. The van der Waals surface area contributed by atoms with Crippen LogP contribution in [0.5, 0.6) is 0 Å². The maximum Gasteiger partial charge on any atom is 0.337 e. The van der Waals surface area contributed by atoms with Crippen molar-refractivity contribution in [3.8, 4) is 0 Å². The molecule has 10 heteroatoms. The van der Waals surface area contributed by atoms with Gasteiger partial charge in [0.05, 0.1) is 24.4 Å². The topological polar surface area (TPSA) is 99.8 Å². The summed E-state index contributed by atoms with van der Waals surface area (Å²) in [5, 5.41) is 8.70. The van der Waals surface area contributed by atoms with Gasteiger partial charge in [-0.25, -0.2) is 14.0 Å². The Bertz CT molecular complexity index is 773. The molecule has 2 heterocycles. The van der Waals surface area contributed by atoms with Crippen LogP contribution < -0.4 is 16.0 Å². The number of likely N-dealkylation sites (tertiary alicyclic amines) is 1. The molecule has 30 heavy (non-hydrogen) atoms. The van der Waals surface area contributed by atoms with Gasteiger partial charge in [-0.1, -0.05) is 0 Å². The Balaban J connectivity index is 0.00000320. The van der Waals surface area contributed by atoms with Crippen molar-refractivity contribution in [2.75, 3.05) is 38.6 Å². The molecule has 0 spiro atoms. The summed E-state index contributed by atoms with van der Waals surface area (Å²) in [5.74, 6) is -1.18. The van der Waals surface area contributed by atoms with Crippen LogP contribution in [-0.2, 0) is 9.53 Å². The second-order valence-corrected chi connectivity index (χ2v) is 7.46. The van der Waals surface area contributed by atoms with Gasteiger partial charge in [0.25, 0.3) is 0 Å². The molecule has 0 aliphatic carbocycles. The first-order valence-electron chi connectivity index (χ1n) is 9.93. The monoisotopic (exact) mass is 442 g/mol. The lowest BCUT2D eigenvalue weighted by molar-refractivity contribution is -0.123. The molecule has 3 N–H and O–H groups in total. The predicted octanol–water partition coefficient (Wildman–Crippen LogP) is 2.15. The van der Waals surface area contributed by atoms with Crippen molar-refractivity contribution < 1.29 is 23.5 Å². The van der Waals surface area contributed by atoms with Crippen molar-refractivity contribution in [2.45, 2.75) is 31.7 Å². The van der Waals surface area contributed by atoms with Crippen LogP contribution in [0.25, 0.3) is 0 Å². The van der Waals surface area contributed by atoms with Crippen LogP contribution in [-0.4, -0.2) is 62.1 Å². The first kappa shape index (κ1) is 23.9. The van der Waals surface area contributed by atoms with Crippen molar-refractivity contribution in [1.29, 1.82) is 0 Å². The summed E-state index contributed by atoms with van der Waals surface area (Å²) in [6, 6.07) is 3.26. The number of nitrogens with zero attached hydrogens (tertiary/aromatic N) is 1. The largest absolute Gasteiger partial charge is 0.465 e. The van der Waals surface area contributed by atoms with E-state index in [1.807, 2.05) is 0 Å². The fourth-order valence-electron chi connectivity index (χ4n) is 3.75. The van der Waals surface area contributed by atoms with Crippen molar-refractivity contribution in [3.05, 3.63) is 29.6 Å². The molecule has 166 valence electrons. The van der Waals surface area contributed by atoms with E-state index in [0.717, 1.165) is 38.3 Å². The van der Waals surface area contributed by atoms with E-state index in [1.165, 1.54) is 19.2 Å². The van der Waals surface area contributed by atoms with Gasteiger partial charge in [-0.05, 0) is 56.3 Å². The van der Waals surface area contributed by atoms with Crippen molar-refractivity contribution >= 4 is 36.0 Å². The van der Waals surface area contributed by atoms with Gasteiger partial charge in [-0.15, -0.1) is 12.4 Å². The number of ether oxygens (including phenoxy) is 1. The van der Waals surface area contributed by atoms with Crippen molar-refractivity contribution in [3.63, 3.8) is 0 Å². The summed E-state index contributed by atoms with van der Waals surface area (Å²) < 4.78 is 18.8. The lowest BCUT2D eigenvalue weighted by Gasteiger charge is -2.33. The van der Waals surface area contributed by atoms with Crippen LogP contribution in [0.15, 0.2) is 18.2 Å². The Labute approximate surface area is 181 Å². The zero-order valence-electron chi connectivity index (χ0n) is 16.9. The molecule has 2 fully saturated rings. The lowest BCUT2D eigenvalue weighted by Crippen LogP contribution is -2.47. The molecule has 2 atom stereocenters. The van der Waals surface area contributed by atoms with Crippen molar-refractivity contribution in [2.24, 2.45) is 5.92 Å². The fourth-order valence-corrected chi connectivity index (χ4v) is 3.75. The Morgan fingerprint density at radius 1 is 1.27 bits per heavy atom. The minimum absolute atomic E-state index is 0. The van der Waals surface area contributed by atoms with Gasteiger partial charge in [-0.3, -0.25) is 4.79 Å². The van der Waals surface area contributed by atoms with E-state index < -0.39 is 17.8 Å². The number of hydrogen-bond donors (Lipinski definition) is 3. The number of carbonyl (C=O) groups excluding carboxylic acids is 3. The van der Waals surface area contributed by atoms with Gasteiger partial charge in [-0.2, -0.15) is 0 Å². The molecular formula is C20H28ClFN4O4. The van der Waals surface area contributed by atoms with E-state index in [1.54, 1.807) is 4.90 Å². The number of nitrogens with one attached hydrogen (secondary N) is 3. The average Bonchev–Trinajstić information content (AvgIpc) is 3.28. The highest BCUT2D eigenvalue weighted by molar-refractivity contribution is 5.92. The molecule has 2 aliphatic heterocycles. The zero-order valence-corrected chi connectivity index (χ0v) is 17.7. The van der Waals surface area contributed by atoms with E-state index in [9.17, 15) is 18.8 Å². The highest BCUT2D eigenvalue weighted by atomic mass is 35.5. The van der Waals surface area contributed by atoms with E-state index in [2.05, 4.69) is 20.7 Å². The number of methoxy groups -OCH3 is 1. The van der Waals surface area contributed by atoms with Gasteiger partial charge < -0.3 is 25.6 Å². The molecule has 0 radical (unpaired) electrons. The first-order valence-corrected chi connectivity index (χ1v) is 9.93. The summed E-state index contributed by atoms with van der Waals surface area (Å²) in [6.07, 6.45) is 3.60.